The van der Waals surface area contributed by atoms with Crippen molar-refractivity contribution in [3.63, 3.8) is 0 Å². The molecule has 0 unspecified atom stereocenters. The van der Waals surface area contributed by atoms with Gasteiger partial charge >= 0.3 is 0 Å². The topological polar surface area (TPSA) is 0 Å². The van der Waals surface area contributed by atoms with Gasteiger partial charge in [0.2, 0.25) is 0 Å². The van der Waals surface area contributed by atoms with Crippen molar-refractivity contribution in [2.24, 2.45) is 0 Å². The maximum atomic E-state index is 3.71. The fourth-order valence-corrected chi connectivity index (χ4v) is 0.331. The Kier molecular flexibility index (Phi) is 29.8. The minimum atomic E-state index is 1.09. The molecule has 0 aliphatic carbocycles. The first-order valence-electron chi connectivity index (χ1n) is 4.69. The molecule has 0 N–H and O–H groups in total. The van der Waals surface area contributed by atoms with Crippen molar-refractivity contribution in [1.82, 2.24) is 0 Å². The van der Waals surface area contributed by atoms with E-state index in [1.165, 1.54) is 0 Å². The molecule has 0 aromatic heterocycles. The Bertz CT molecular complexity index is 174. The van der Waals surface area contributed by atoms with Gasteiger partial charge in [0.25, 0.3) is 0 Å². The van der Waals surface area contributed by atoms with E-state index in [0.717, 1.165) is 5.57 Å². The van der Waals surface area contributed by atoms with E-state index in [1.807, 2.05) is 52.0 Å². The van der Waals surface area contributed by atoms with Gasteiger partial charge in [-0.15, -0.1) is 13.2 Å². The molecule has 0 aliphatic rings. The summed E-state index contributed by atoms with van der Waals surface area (Å²) in [5.74, 6) is 0. The summed E-state index contributed by atoms with van der Waals surface area (Å²) >= 11 is 0. The van der Waals surface area contributed by atoms with E-state index >= 15 is 0 Å². The summed E-state index contributed by atoms with van der Waals surface area (Å²) in [5.41, 5.74) is 1.09. The third kappa shape index (κ3) is 73.5. The molecule has 0 fully saturated rings. The Hall–Kier alpha value is -1.30. The van der Waals surface area contributed by atoms with E-state index in [1.54, 1.807) is 12.2 Å². The van der Waals surface area contributed by atoms with Crippen molar-refractivity contribution in [1.29, 1.82) is 0 Å². The van der Waals surface area contributed by atoms with E-state index in [-0.39, 0.29) is 0 Å². The van der Waals surface area contributed by atoms with Gasteiger partial charge in [0.1, 0.15) is 0 Å². The maximum Gasteiger partial charge on any atom is -0.0404 e. The molecular weight excluding hydrogens is 168 g/mol. The monoisotopic (exact) mass is 192 g/mol. The van der Waals surface area contributed by atoms with E-state index in [0.29, 0.717) is 0 Å². The molecule has 0 rings (SSSR count). The number of allylic oxidation sites excluding steroid dienone is 7. The number of rotatable bonds is 2. The van der Waals surface area contributed by atoms with E-state index in [9.17, 15) is 0 Å². The van der Waals surface area contributed by atoms with Gasteiger partial charge in [-0.05, 0) is 27.7 Å². The smallest absolute Gasteiger partial charge is 0.0404 e. The van der Waals surface area contributed by atoms with Crippen LogP contribution < -0.4 is 0 Å². The summed E-state index contributed by atoms with van der Waals surface area (Å²) in [6.07, 6.45) is 11.4. The molecule has 0 saturated carbocycles. The van der Waals surface area contributed by atoms with Gasteiger partial charge in [0, 0.05) is 0 Å². The van der Waals surface area contributed by atoms with Crippen molar-refractivity contribution >= 4 is 0 Å². The van der Waals surface area contributed by atoms with Gasteiger partial charge in [0.05, 0.1) is 0 Å². The van der Waals surface area contributed by atoms with E-state index < -0.39 is 0 Å². The highest BCUT2D eigenvalue weighted by Crippen LogP contribution is 1.88. The lowest BCUT2D eigenvalue weighted by atomic mass is 10.3. The van der Waals surface area contributed by atoms with Crippen LogP contribution in [-0.4, -0.2) is 0 Å². The van der Waals surface area contributed by atoms with Crippen molar-refractivity contribution in [3.8, 4) is 0 Å². The highest BCUT2D eigenvalue weighted by atomic mass is 13.7. The molecule has 80 valence electrons. The lowest BCUT2D eigenvalue weighted by molar-refractivity contribution is 1.56. The fourth-order valence-electron chi connectivity index (χ4n) is 0.331. The second-order valence-electron chi connectivity index (χ2n) is 2.55. The Balaban J connectivity index is -0.000000168. The largest absolute Gasteiger partial charge is 0.103 e. The standard InChI is InChI=1S/C8H12.2C3H6/c1-4-5-6-7-8(2)3;2*1-3-2/h4-7H,2H2,1,3H3;2*3H,1H2,2H3/b5-4-,7-6-;;. The summed E-state index contributed by atoms with van der Waals surface area (Å²) in [5, 5.41) is 0. The summed E-state index contributed by atoms with van der Waals surface area (Å²) in [6, 6.07) is 0. The number of hydrogen-bond donors (Lipinski definition) is 0. The molecule has 14 heavy (non-hydrogen) atoms. The Labute approximate surface area is 90.0 Å². The second kappa shape index (κ2) is 22.6. The Morgan fingerprint density at radius 1 is 0.929 bits per heavy atom. The van der Waals surface area contributed by atoms with Crippen molar-refractivity contribution < 1.29 is 0 Å². The molecule has 0 spiro atoms. The van der Waals surface area contributed by atoms with Crippen LogP contribution in [0.2, 0.25) is 0 Å². The van der Waals surface area contributed by atoms with Crippen molar-refractivity contribution in [3.05, 3.63) is 61.8 Å². The van der Waals surface area contributed by atoms with Crippen LogP contribution in [0.25, 0.3) is 0 Å². The highest BCUT2D eigenvalue weighted by Gasteiger charge is 1.66. The first-order valence-corrected chi connectivity index (χ1v) is 4.69. The molecule has 0 heterocycles. The van der Waals surface area contributed by atoms with Crippen LogP contribution in [-0.2, 0) is 0 Å². The summed E-state index contributed by atoms with van der Waals surface area (Å²) in [7, 11) is 0. The third-order valence-electron chi connectivity index (χ3n) is 0.684. The predicted molar refractivity (Wildman–Crippen MR) is 70.5 cm³/mol. The zero-order valence-corrected chi connectivity index (χ0v) is 10.1. The van der Waals surface area contributed by atoms with Gasteiger partial charge in [-0.3, -0.25) is 0 Å². The molecular formula is C14H24. The molecule has 0 aliphatic heterocycles. The minimum Gasteiger partial charge on any atom is -0.103 e. The summed E-state index contributed by atoms with van der Waals surface area (Å²) in [6.45, 7) is 18.2. The number of hydrogen-bond acceptors (Lipinski definition) is 0. The minimum absolute atomic E-state index is 1.09. The second-order valence-corrected chi connectivity index (χ2v) is 2.55. The Morgan fingerprint density at radius 3 is 1.50 bits per heavy atom. The van der Waals surface area contributed by atoms with E-state index in [4.69, 9.17) is 0 Å². The molecule has 0 nitrogen and oxygen atoms in total. The van der Waals surface area contributed by atoms with Crippen molar-refractivity contribution in [2.45, 2.75) is 27.7 Å². The van der Waals surface area contributed by atoms with Crippen molar-refractivity contribution in [2.75, 3.05) is 0 Å². The molecule has 0 bridgehead atoms. The molecule has 0 atom stereocenters. The van der Waals surface area contributed by atoms with Crippen LogP contribution in [0.5, 0.6) is 0 Å². The van der Waals surface area contributed by atoms with Gasteiger partial charge in [-0.1, -0.05) is 48.6 Å². The van der Waals surface area contributed by atoms with Gasteiger partial charge < -0.3 is 0 Å². The van der Waals surface area contributed by atoms with Crippen LogP contribution in [0.1, 0.15) is 27.7 Å². The molecule has 0 amide bonds. The average molecular weight is 192 g/mol. The zero-order chi connectivity index (χ0) is 11.8. The van der Waals surface area contributed by atoms with Crippen LogP contribution in [0.3, 0.4) is 0 Å². The average Bonchev–Trinajstić information content (AvgIpc) is 2.07. The Morgan fingerprint density at radius 2 is 1.29 bits per heavy atom. The van der Waals surface area contributed by atoms with Gasteiger partial charge in [0.15, 0.2) is 0 Å². The molecule has 0 radical (unpaired) electrons. The third-order valence-corrected chi connectivity index (χ3v) is 0.684. The maximum absolute atomic E-state index is 3.71. The van der Waals surface area contributed by atoms with Crippen LogP contribution in [0.4, 0.5) is 0 Å². The van der Waals surface area contributed by atoms with Crippen LogP contribution >= 0.6 is 0 Å². The quantitative estimate of drug-likeness (QED) is 0.423. The molecule has 0 saturated heterocycles. The van der Waals surface area contributed by atoms with E-state index in [2.05, 4.69) is 19.7 Å². The molecule has 0 aromatic rings. The lowest BCUT2D eigenvalue weighted by Gasteiger charge is -1.78. The highest BCUT2D eigenvalue weighted by molar-refractivity contribution is 5.16. The first kappa shape index (κ1) is 18.5. The lowest BCUT2D eigenvalue weighted by Crippen LogP contribution is -1.56. The summed E-state index contributed by atoms with van der Waals surface area (Å²) in [4.78, 5) is 0. The molecule has 0 heteroatoms. The SMILES string of the molecule is C=C(C)/C=C\C=C/C.C=CC.C=CC. The molecule has 0 aromatic carbocycles. The first-order chi connectivity index (χ1) is 6.60. The normalized spacial score (nSPS) is 8.29. The van der Waals surface area contributed by atoms with Gasteiger partial charge in [-0.2, -0.15) is 0 Å². The summed E-state index contributed by atoms with van der Waals surface area (Å²) < 4.78 is 0. The predicted octanol–water partition coefficient (Wildman–Crippen LogP) is 5.08. The zero-order valence-electron chi connectivity index (χ0n) is 10.1. The van der Waals surface area contributed by atoms with Gasteiger partial charge in [-0.25, -0.2) is 0 Å². The fraction of sp³-hybridized carbons (Fsp3) is 0.286. The van der Waals surface area contributed by atoms with Crippen LogP contribution in [0, 0.1) is 0 Å². The van der Waals surface area contributed by atoms with Crippen LogP contribution in [0.15, 0.2) is 61.8 Å².